The summed E-state index contributed by atoms with van der Waals surface area (Å²) in [6, 6.07) is 15.1. The summed E-state index contributed by atoms with van der Waals surface area (Å²) in [7, 11) is 0. The molecule has 0 saturated carbocycles. The Morgan fingerprint density at radius 3 is 2.68 bits per heavy atom. The third kappa shape index (κ3) is 5.25. The number of halogens is 1. The lowest BCUT2D eigenvalue weighted by Crippen LogP contribution is -2.39. The van der Waals surface area contributed by atoms with Crippen molar-refractivity contribution >= 4 is 11.6 Å². The standard InChI is InChI=1S/C30H31FN4O3/c1-19(2)26-13-14-27(29(37)33-26)35(30(38)25-7-3-6-24-23(25)5-4-8-28(24)36)18-21-15-32-34(17-21)16-20-9-11-22(31)12-10-20/h4-5,8-15,17,19,25,36H,3,6-7,16,18H2,1-2H3,(H,33,37). The van der Waals surface area contributed by atoms with Gasteiger partial charge in [0.2, 0.25) is 5.91 Å². The highest BCUT2D eigenvalue weighted by atomic mass is 19.1. The molecule has 0 radical (unpaired) electrons. The maximum atomic E-state index is 14.1. The first-order valence-corrected chi connectivity index (χ1v) is 12.9. The number of benzene rings is 2. The smallest absolute Gasteiger partial charge is 0.272 e. The topological polar surface area (TPSA) is 91.2 Å². The molecule has 5 rings (SSSR count). The van der Waals surface area contributed by atoms with Gasteiger partial charge in [0.15, 0.2) is 0 Å². The molecular weight excluding hydrogens is 483 g/mol. The van der Waals surface area contributed by atoms with Crippen molar-refractivity contribution < 1.29 is 14.3 Å². The highest BCUT2D eigenvalue weighted by Gasteiger charge is 2.33. The number of aromatic nitrogens is 3. The number of H-pyrrole nitrogens is 1. The van der Waals surface area contributed by atoms with Gasteiger partial charge in [-0.1, -0.05) is 38.1 Å². The number of pyridine rings is 1. The number of carbonyl (C=O) groups excluding carboxylic acids is 1. The van der Waals surface area contributed by atoms with Crippen LogP contribution in [0.4, 0.5) is 10.1 Å². The number of fused-ring (bicyclic) bond motifs is 1. The van der Waals surface area contributed by atoms with E-state index in [1.807, 2.05) is 32.2 Å². The highest BCUT2D eigenvalue weighted by Crippen LogP contribution is 2.38. The van der Waals surface area contributed by atoms with E-state index in [4.69, 9.17) is 0 Å². The van der Waals surface area contributed by atoms with Crippen molar-refractivity contribution in [1.29, 1.82) is 0 Å². The van der Waals surface area contributed by atoms with Crippen LogP contribution in [0.3, 0.4) is 0 Å². The van der Waals surface area contributed by atoms with Crippen molar-refractivity contribution in [2.75, 3.05) is 4.90 Å². The third-order valence-electron chi connectivity index (χ3n) is 7.16. The van der Waals surface area contributed by atoms with Crippen LogP contribution in [0.2, 0.25) is 0 Å². The van der Waals surface area contributed by atoms with Crippen LogP contribution in [-0.4, -0.2) is 25.8 Å². The molecule has 2 N–H and O–H groups in total. The second-order valence-electron chi connectivity index (χ2n) is 10.2. The van der Waals surface area contributed by atoms with E-state index in [9.17, 15) is 19.1 Å². The minimum Gasteiger partial charge on any atom is -0.508 e. The lowest BCUT2D eigenvalue weighted by Gasteiger charge is -2.31. The molecule has 0 aliphatic heterocycles. The Balaban J connectivity index is 1.48. The molecule has 0 saturated heterocycles. The molecule has 1 atom stereocenters. The van der Waals surface area contributed by atoms with Gasteiger partial charge in [0.25, 0.3) is 5.56 Å². The Morgan fingerprint density at radius 1 is 1.16 bits per heavy atom. The quantitative estimate of drug-likeness (QED) is 0.353. The second kappa shape index (κ2) is 10.7. The lowest BCUT2D eigenvalue weighted by molar-refractivity contribution is -0.120. The van der Waals surface area contributed by atoms with Crippen molar-refractivity contribution in [3.63, 3.8) is 0 Å². The number of hydrogen-bond donors (Lipinski definition) is 2. The number of phenols is 1. The summed E-state index contributed by atoms with van der Waals surface area (Å²) in [5.41, 5.74) is 4.02. The lowest BCUT2D eigenvalue weighted by atomic mass is 9.81. The summed E-state index contributed by atoms with van der Waals surface area (Å²) < 4.78 is 15.0. The average molecular weight is 515 g/mol. The summed E-state index contributed by atoms with van der Waals surface area (Å²) in [4.78, 5) is 31.8. The van der Waals surface area contributed by atoms with Gasteiger partial charge >= 0.3 is 0 Å². The molecule has 0 spiro atoms. The Kier molecular flexibility index (Phi) is 7.13. The molecular formula is C30H31FN4O3. The predicted octanol–water partition coefficient (Wildman–Crippen LogP) is 5.24. The van der Waals surface area contributed by atoms with E-state index in [0.29, 0.717) is 19.4 Å². The number of nitrogens with one attached hydrogen (secondary N) is 1. The Morgan fingerprint density at radius 2 is 1.95 bits per heavy atom. The molecule has 38 heavy (non-hydrogen) atoms. The van der Waals surface area contributed by atoms with Gasteiger partial charge in [0.1, 0.15) is 17.3 Å². The summed E-state index contributed by atoms with van der Waals surface area (Å²) in [5.74, 6) is -0.614. The molecule has 196 valence electrons. The maximum absolute atomic E-state index is 14.1. The van der Waals surface area contributed by atoms with E-state index in [1.165, 1.54) is 17.0 Å². The van der Waals surface area contributed by atoms with E-state index >= 15 is 0 Å². The Labute approximate surface area is 220 Å². The highest BCUT2D eigenvalue weighted by molar-refractivity contribution is 5.98. The van der Waals surface area contributed by atoms with Gasteiger partial charge in [-0.15, -0.1) is 0 Å². The maximum Gasteiger partial charge on any atom is 0.272 e. The number of nitrogens with zero attached hydrogens (tertiary/aromatic N) is 3. The molecule has 2 heterocycles. The predicted molar refractivity (Wildman–Crippen MR) is 144 cm³/mol. The summed E-state index contributed by atoms with van der Waals surface area (Å²) >= 11 is 0. The summed E-state index contributed by atoms with van der Waals surface area (Å²) in [6.45, 7) is 4.60. The Hall–Kier alpha value is -4.20. The van der Waals surface area contributed by atoms with Gasteiger partial charge < -0.3 is 15.0 Å². The van der Waals surface area contributed by atoms with Gasteiger partial charge in [0.05, 0.1) is 25.2 Å². The first kappa shape index (κ1) is 25.4. The number of amides is 1. The van der Waals surface area contributed by atoms with Crippen LogP contribution < -0.4 is 10.5 Å². The SMILES string of the molecule is CC(C)c1ccc(N(Cc2cnn(Cc3ccc(F)cc3)c2)C(=O)C2CCCc3c(O)cccc32)c(=O)[nH]1. The zero-order chi connectivity index (χ0) is 26.8. The van der Waals surface area contributed by atoms with E-state index in [1.54, 1.807) is 41.2 Å². The van der Waals surface area contributed by atoms with Crippen LogP contribution >= 0.6 is 0 Å². The zero-order valence-corrected chi connectivity index (χ0v) is 21.5. The molecule has 0 fully saturated rings. The van der Waals surface area contributed by atoms with Crippen molar-refractivity contribution in [3.8, 4) is 5.75 Å². The van der Waals surface area contributed by atoms with Gasteiger partial charge in [-0.2, -0.15) is 5.10 Å². The molecule has 1 aliphatic rings. The molecule has 1 unspecified atom stereocenters. The first-order valence-electron chi connectivity index (χ1n) is 12.9. The average Bonchev–Trinajstić information content (AvgIpc) is 3.35. The first-order chi connectivity index (χ1) is 18.3. The van der Waals surface area contributed by atoms with Crippen molar-refractivity contribution in [2.24, 2.45) is 0 Å². The van der Waals surface area contributed by atoms with Crippen molar-refractivity contribution in [2.45, 2.75) is 58.0 Å². The third-order valence-corrected chi connectivity index (χ3v) is 7.16. The van der Waals surface area contributed by atoms with Crippen molar-refractivity contribution in [1.82, 2.24) is 14.8 Å². The summed E-state index contributed by atoms with van der Waals surface area (Å²) in [6.07, 6.45) is 5.64. The zero-order valence-electron chi connectivity index (χ0n) is 21.5. The largest absolute Gasteiger partial charge is 0.508 e. The van der Waals surface area contributed by atoms with E-state index < -0.39 is 5.92 Å². The monoisotopic (exact) mass is 514 g/mol. The molecule has 2 aromatic heterocycles. The number of carbonyl (C=O) groups is 1. The van der Waals surface area contributed by atoms with Crippen molar-refractivity contribution in [3.05, 3.63) is 111 Å². The number of phenolic OH excluding ortho intramolecular Hbond substituents is 1. The fourth-order valence-electron chi connectivity index (χ4n) is 5.12. The number of rotatable bonds is 7. The van der Waals surface area contributed by atoms with Crippen LogP contribution in [0.1, 0.15) is 66.5 Å². The van der Waals surface area contributed by atoms with Gasteiger partial charge in [-0.25, -0.2) is 4.39 Å². The number of aromatic amines is 1. The van der Waals surface area contributed by atoms with Gasteiger partial charge in [-0.3, -0.25) is 14.3 Å². The normalized spacial score (nSPS) is 14.9. The minimum atomic E-state index is -0.468. The molecule has 4 aromatic rings. The van der Waals surface area contributed by atoms with Crippen LogP contribution in [-0.2, 0) is 24.3 Å². The molecule has 1 amide bonds. The van der Waals surface area contributed by atoms with E-state index in [2.05, 4.69) is 10.1 Å². The van der Waals surface area contributed by atoms with Gasteiger partial charge in [0, 0.05) is 17.5 Å². The Bertz CT molecular complexity index is 1510. The van der Waals surface area contributed by atoms with Crippen LogP contribution in [0.15, 0.2) is 71.8 Å². The fraction of sp³-hybridized carbons (Fsp3) is 0.300. The van der Waals surface area contributed by atoms with Crippen LogP contribution in [0.25, 0.3) is 0 Å². The molecule has 0 bridgehead atoms. The van der Waals surface area contributed by atoms with Gasteiger partial charge in [-0.05, 0) is 72.2 Å². The molecule has 1 aliphatic carbocycles. The van der Waals surface area contributed by atoms with E-state index in [0.717, 1.165) is 34.4 Å². The second-order valence-corrected chi connectivity index (χ2v) is 10.2. The van der Waals surface area contributed by atoms with Crippen LogP contribution in [0, 0.1) is 5.82 Å². The minimum absolute atomic E-state index is 0.138. The molecule has 7 nitrogen and oxygen atoms in total. The summed E-state index contributed by atoms with van der Waals surface area (Å²) in [5, 5.41) is 14.8. The molecule has 8 heteroatoms. The number of anilines is 1. The fourth-order valence-corrected chi connectivity index (χ4v) is 5.12. The number of hydrogen-bond acceptors (Lipinski definition) is 4. The number of aromatic hydroxyl groups is 1. The molecule has 2 aromatic carbocycles. The van der Waals surface area contributed by atoms with E-state index in [-0.39, 0.29) is 41.2 Å². The van der Waals surface area contributed by atoms with Crippen LogP contribution in [0.5, 0.6) is 5.75 Å².